The Morgan fingerprint density at radius 1 is 1.17 bits per heavy atom. The Balaban J connectivity index is 1.65. The number of hydrogen-bond donors (Lipinski definition) is 1. The first kappa shape index (κ1) is 21.8. The third-order valence-corrected chi connectivity index (χ3v) is 6.52. The Kier molecular flexibility index (Phi) is 5.77. The minimum absolute atomic E-state index is 0.105. The molecule has 2 atom stereocenters. The minimum atomic E-state index is -4.71. The lowest BCUT2D eigenvalue weighted by atomic mass is 9.85. The minimum Gasteiger partial charge on any atom is -0.374 e. The number of nitrogens with zero attached hydrogens (tertiary/aromatic N) is 2. The van der Waals surface area contributed by atoms with Gasteiger partial charge in [0.25, 0.3) is 5.60 Å². The van der Waals surface area contributed by atoms with E-state index in [-0.39, 0.29) is 21.3 Å². The molecule has 0 saturated carbocycles. The van der Waals surface area contributed by atoms with Gasteiger partial charge in [-0.1, -0.05) is 53.3 Å². The molecule has 30 heavy (non-hydrogen) atoms. The molecule has 4 rings (SSSR count). The highest BCUT2D eigenvalue weighted by Crippen LogP contribution is 2.49. The summed E-state index contributed by atoms with van der Waals surface area (Å²) in [5, 5.41) is 4.04. The molecule has 0 aliphatic carbocycles. The van der Waals surface area contributed by atoms with Crippen molar-refractivity contribution in [1.29, 1.82) is 0 Å². The van der Waals surface area contributed by atoms with E-state index in [1.165, 1.54) is 23.8 Å². The number of oxime groups is 1. The van der Waals surface area contributed by atoms with E-state index in [1.54, 1.807) is 0 Å². The summed E-state index contributed by atoms with van der Waals surface area (Å²) in [6.07, 6.45) is -4.17. The van der Waals surface area contributed by atoms with Crippen LogP contribution in [0.1, 0.15) is 41.0 Å². The van der Waals surface area contributed by atoms with Gasteiger partial charge in [-0.3, -0.25) is 4.31 Å². The molecule has 2 aromatic carbocycles. The summed E-state index contributed by atoms with van der Waals surface area (Å²) in [5.74, 6) is 0.362. The fraction of sp³-hybridized carbons (Fsp3) is 0.381. The number of aryl methyl sites for hydroxylation is 1. The summed E-state index contributed by atoms with van der Waals surface area (Å²) in [4.78, 5) is 5.08. The van der Waals surface area contributed by atoms with Gasteiger partial charge < -0.3 is 4.84 Å². The third kappa shape index (κ3) is 3.93. The van der Waals surface area contributed by atoms with Gasteiger partial charge in [-0.25, -0.2) is 0 Å². The lowest BCUT2D eigenvalue weighted by Gasteiger charge is -2.29. The SMILES string of the molecule is Cc1cc(C2=NOC(c3cc(Cl)cc(Cl)c3)(C(F)(F)F)C2)ccc1C1CCN(S)C1. The number of halogens is 5. The van der Waals surface area contributed by atoms with Crippen molar-refractivity contribution in [3.8, 4) is 0 Å². The standard InChI is InChI=1S/C21H19Cl2F3N2OS/c1-12-6-13(2-3-18(12)14-4-5-28(30)11-14)19-10-20(29-27-19,21(24,25)26)15-7-16(22)9-17(23)8-15/h2-3,6-9,14,30H,4-5,10-11H2,1H3. The Hall–Kier alpha value is -1.41. The predicted molar refractivity (Wildman–Crippen MR) is 116 cm³/mol. The fourth-order valence-corrected chi connectivity index (χ4v) is 4.99. The van der Waals surface area contributed by atoms with Crippen molar-refractivity contribution in [3.63, 3.8) is 0 Å². The molecule has 0 spiro atoms. The van der Waals surface area contributed by atoms with Gasteiger partial charge in [-0.05, 0) is 60.2 Å². The average molecular weight is 475 g/mol. The molecule has 2 aromatic rings. The first-order valence-corrected chi connectivity index (χ1v) is 10.6. The molecule has 2 aliphatic heterocycles. The summed E-state index contributed by atoms with van der Waals surface area (Å²) >= 11 is 16.3. The summed E-state index contributed by atoms with van der Waals surface area (Å²) in [5.41, 5.74) is 0.246. The maximum Gasteiger partial charge on any atom is 0.435 e. The lowest BCUT2D eigenvalue weighted by molar-refractivity contribution is -0.275. The van der Waals surface area contributed by atoms with Crippen LogP contribution in [0.5, 0.6) is 0 Å². The number of thiol groups is 1. The Labute approximate surface area is 188 Å². The van der Waals surface area contributed by atoms with Crippen molar-refractivity contribution in [2.75, 3.05) is 13.1 Å². The Morgan fingerprint density at radius 2 is 1.87 bits per heavy atom. The lowest BCUT2D eigenvalue weighted by Crippen LogP contribution is -2.42. The second-order valence-electron chi connectivity index (χ2n) is 7.76. The van der Waals surface area contributed by atoms with Crippen molar-refractivity contribution in [2.24, 2.45) is 5.16 Å². The van der Waals surface area contributed by atoms with Crippen molar-refractivity contribution in [3.05, 3.63) is 68.7 Å². The number of rotatable bonds is 3. The third-order valence-electron chi connectivity index (χ3n) is 5.72. The largest absolute Gasteiger partial charge is 0.435 e. The molecule has 3 nitrogen and oxygen atoms in total. The fourth-order valence-electron chi connectivity index (χ4n) is 4.15. The number of alkyl halides is 3. The average Bonchev–Trinajstić information content (AvgIpc) is 3.28. The summed E-state index contributed by atoms with van der Waals surface area (Å²) in [6, 6.07) is 9.46. The van der Waals surface area contributed by atoms with Crippen LogP contribution < -0.4 is 0 Å². The van der Waals surface area contributed by atoms with Crippen LogP contribution in [-0.4, -0.2) is 29.3 Å². The maximum atomic E-state index is 14.1. The van der Waals surface area contributed by atoms with Gasteiger partial charge in [0.1, 0.15) is 0 Å². The first-order valence-electron chi connectivity index (χ1n) is 9.42. The van der Waals surface area contributed by atoms with E-state index in [1.807, 2.05) is 29.4 Å². The van der Waals surface area contributed by atoms with Crippen molar-refractivity contribution in [2.45, 2.75) is 37.5 Å². The van der Waals surface area contributed by atoms with Crippen LogP contribution in [0.15, 0.2) is 41.6 Å². The van der Waals surface area contributed by atoms with Crippen molar-refractivity contribution >= 4 is 41.7 Å². The van der Waals surface area contributed by atoms with Crippen molar-refractivity contribution in [1.82, 2.24) is 4.31 Å². The zero-order valence-electron chi connectivity index (χ0n) is 16.0. The summed E-state index contributed by atoms with van der Waals surface area (Å²) < 4.78 is 44.4. The molecular weight excluding hydrogens is 456 g/mol. The van der Waals surface area contributed by atoms with E-state index in [9.17, 15) is 13.2 Å². The molecule has 1 fully saturated rings. The number of benzene rings is 2. The quantitative estimate of drug-likeness (QED) is 0.512. The van der Waals surface area contributed by atoms with Crippen LogP contribution in [0.4, 0.5) is 13.2 Å². The van der Waals surface area contributed by atoms with E-state index >= 15 is 0 Å². The first-order chi connectivity index (χ1) is 14.1. The van der Waals surface area contributed by atoms with Crippen LogP contribution in [0.2, 0.25) is 10.0 Å². The van der Waals surface area contributed by atoms with Crippen LogP contribution >= 0.6 is 36.0 Å². The summed E-state index contributed by atoms with van der Waals surface area (Å²) in [7, 11) is 0. The van der Waals surface area contributed by atoms with E-state index < -0.39 is 18.2 Å². The molecular formula is C21H19Cl2F3N2OS. The molecule has 2 heterocycles. The van der Waals surface area contributed by atoms with E-state index in [0.717, 1.165) is 25.1 Å². The van der Waals surface area contributed by atoms with Crippen molar-refractivity contribution < 1.29 is 18.0 Å². The zero-order chi connectivity index (χ0) is 21.7. The Morgan fingerprint density at radius 3 is 2.43 bits per heavy atom. The molecule has 0 amide bonds. The van der Waals surface area contributed by atoms with E-state index in [4.69, 9.17) is 28.0 Å². The highest BCUT2D eigenvalue weighted by molar-refractivity contribution is 7.77. The highest BCUT2D eigenvalue weighted by Gasteiger charge is 2.62. The van der Waals surface area contributed by atoms with Crippen LogP contribution in [0.25, 0.3) is 0 Å². The molecule has 2 unspecified atom stereocenters. The molecule has 160 valence electrons. The van der Waals surface area contributed by atoms with Gasteiger partial charge in [0.2, 0.25) is 0 Å². The van der Waals surface area contributed by atoms with Crippen LogP contribution in [0.3, 0.4) is 0 Å². The Bertz CT molecular complexity index is 994. The zero-order valence-corrected chi connectivity index (χ0v) is 18.4. The monoisotopic (exact) mass is 474 g/mol. The maximum absolute atomic E-state index is 14.1. The molecule has 0 N–H and O–H groups in total. The van der Waals surface area contributed by atoms with Crippen LogP contribution in [-0.2, 0) is 10.4 Å². The molecule has 9 heteroatoms. The van der Waals surface area contributed by atoms with Gasteiger partial charge in [0, 0.05) is 35.1 Å². The van der Waals surface area contributed by atoms with E-state index in [2.05, 4.69) is 18.0 Å². The van der Waals surface area contributed by atoms with E-state index in [0.29, 0.717) is 11.5 Å². The van der Waals surface area contributed by atoms with Gasteiger partial charge in [-0.2, -0.15) is 13.2 Å². The molecule has 2 aliphatic rings. The highest BCUT2D eigenvalue weighted by atomic mass is 35.5. The smallest absolute Gasteiger partial charge is 0.374 e. The normalized spacial score (nSPS) is 24.8. The second-order valence-corrected chi connectivity index (χ2v) is 9.20. The topological polar surface area (TPSA) is 24.8 Å². The predicted octanol–water partition coefficient (Wildman–Crippen LogP) is 6.52. The summed E-state index contributed by atoms with van der Waals surface area (Å²) in [6.45, 7) is 3.72. The molecule has 0 bridgehead atoms. The van der Waals surface area contributed by atoms with Crippen LogP contribution in [0, 0.1) is 6.92 Å². The van der Waals surface area contributed by atoms with Gasteiger partial charge in [0.05, 0.1) is 5.71 Å². The second kappa shape index (κ2) is 7.93. The van der Waals surface area contributed by atoms with Gasteiger partial charge in [0.15, 0.2) is 0 Å². The molecule has 1 saturated heterocycles. The van der Waals surface area contributed by atoms with Gasteiger partial charge in [-0.15, -0.1) is 0 Å². The molecule has 0 aromatic heterocycles. The number of hydrogen-bond acceptors (Lipinski definition) is 4. The van der Waals surface area contributed by atoms with Gasteiger partial charge >= 0.3 is 6.18 Å². The molecule has 0 radical (unpaired) electrons.